The van der Waals surface area contributed by atoms with Crippen LogP contribution in [0.25, 0.3) is 0 Å². The normalized spacial score (nSPS) is 22.5. The van der Waals surface area contributed by atoms with Crippen LogP contribution in [0.3, 0.4) is 0 Å². The summed E-state index contributed by atoms with van der Waals surface area (Å²) in [4.78, 5) is 23.8. The molecule has 0 heterocycles. The standard InChI is InChI=1S/C16H21FN2O3/c1-4-22-13-9-12(16(13,2)3)19-15(21)14(20)18-11-8-6-5-7-10(11)17/h5-8,12-13H,4,9H2,1-3H3,(H,18,20)(H,19,21)/t12-,13+/m1/s1. The zero-order valence-corrected chi connectivity index (χ0v) is 13.0. The van der Waals surface area contributed by atoms with Crippen molar-refractivity contribution < 1.29 is 18.7 Å². The van der Waals surface area contributed by atoms with Gasteiger partial charge in [-0.05, 0) is 25.5 Å². The third-order valence-corrected chi connectivity index (χ3v) is 4.18. The van der Waals surface area contributed by atoms with E-state index in [1.165, 1.54) is 18.2 Å². The quantitative estimate of drug-likeness (QED) is 0.837. The van der Waals surface area contributed by atoms with Gasteiger partial charge < -0.3 is 15.4 Å². The van der Waals surface area contributed by atoms with E-state index in [1.807, 2.05) is 20.8 Å². The molecule has 1 aliphatic carbocycles. The Kier molecular flexibility index (Phi) is 4.81. The molecule has 6 heteroatoms. The van der Waals surface area contributed by atoms with Crippen molar-refractivity contribution in [2.24, 2.45) is 5.41 Å². The number of carbonyl (C=O) groups excluding carboxylic acids is 2. The lowest BCUT2D eigenvalue weighted by atomic mass is 9.64. The average molecular weight is 308 g/mol. The van der Waals surface area contributed by atoms with Crippen molar-refractivity contribution in [2.75, 3.05) is 11.9 Å². The molecule has 120 valence electrons. The van der Waals surface area contributed by atoms with Crippen molar-refractivity contribution >= 4 is 17.5 Å². The third kappa shape index (κ3) is 3.27. The fourth-order valence-corrected chi connectivity index (χ4v) is 2.58. The SMILES string of the molecule is CCO[C@H]1C[C@@H](NC(=O)C(=O)Nc2ccccc2F)C1(C)C. The van der Waals surface area contributed by atoms with Gasteiger partial charge in [-0.15, -0.1) is 0 Å². The fraction of sp³-hybridized carbons (Fsp3) is 0.500. The lowest BCUT2D eigenvalue weighted by molar-refractivity contribution is -0.144. The van der Waals surface area contributed by atoms with E-state index in [9.17, 15) is 14.0 Å². The summed E-state index contributed by atoms with van der Waals surface area (Å²) in [5.41, 5.74) is -0.244. The number of hydrogen-bond acceptors (Lipinski definition) is 3. The number of ether oxygens (including phenoxy) is 1. The van der Waals surface area contributed by atoms with E-state index in [4.69, 9.17) is 4.74 Å². The van der Waals surface area contributed by atoms with Gasteiger partial charge in [0.15, 0.2) is 0 Å². The third-order valence-electron chi connectivity index (χ3n) is 4.18. The van der Waals surface area contributed by atoms with Crippen molar-refractivity contribution in [3.05, 3.63) is 30.1 Å². The second-order valence-corrected chi connectivity index (χ2v) is 5.96. The molecule has 22 heavy (non-hydrogen) atoms. The molecule has 0 radical (unpaired) electrons. The minimum atomic E-state index is -0.874. The molecule has 0 bridgehead atoms. The number of para-hydroxylation sites is 1. The van der Waals surface area contributed by atoms with Crippen molar-refractivity contribution in [2.45, 2.75) is 39.3 Å². The Morgan fingerprint density at radius 3 is 2.59 bits per heavy atom. The van der Waals surface area contributed by atoms with Crippen LogP contribution in [0, 0.1) is 11.2 Å². The van der Waals surface area contributed by atoms with Crippen molar-refractivity contribution in [3.63, 3.8) is 0 Å². The number of anilines is 1. The Morgan fingerprint density at radius 2 is 2.00 bits per heavy atom. The molecule has 1 fully saturated rings. The first-order valence-corrected chi connectivity index (χ1v) is 7.34. The number of carbonyl (C=O) groups is 2. The topological polar surface area (TPSA) is 67.4 Å². The molecule has 1 aromatic rings. The van der Waals surface area contributed by atoms with E-state index in [2.05, 4.69) is 10.6 Å². The summed E-state index contributed by atoms with van der Waals surface area (Å²) >= 11 is 0. The molecule has 0 saturated heterocycles. The highest BCUT2D eigenvalue weighted by Crippen LogP contribution is 2.42. The maximum Gasteiger partial charge on any atom is 0.313 e. The monoisotopic (exact) mass is 308 g/mol. The van der Waals surface area contributed by atoms with Gasteiger partial charge >= 0.3 is 11.8 Å². The Bertz CT molecular complexity index is 574. The summed E-state index contributed by atoms with van der Waals surface area (Å²) in [6, 6.07) is 5.57. The predicted octanol–water partition coefficient (Wildman–Crippen LogP) is 2.08. The molecule has 0 aromatic heterocycles. The highest BCUT2D eigenvalue weighted by molar-refractivity contribution is 6.39. The molecular formula is C16H21FN2O3. The fourth-order valence-electron chi connectivity index (χ4n) is 2.58. The van der Waals surface area contributed by atoms with Crippen LogP contribution in [0.1, 0.15) is 27.2 Å². The first kappa shape index (κ1) is 16.4. The zero-order chi connectivity index (χ0) is 16.3. The smallest absolute Gasteiger partial charge is 0.313 e. The first-order chi connectivity index (χ1) is 10.4. The second kappa shape index (κ2) is 6.44. The molecule has 2 N–H and O–H groups in total. The molecule has 0 spiro atoms. The summed E-state index contributed by atoms with van der Waals surface area (Å²) in [6.45, 7) is 6.50. The minimum Gasteiger partial charge on any atom is -0.378 e. The maximum atomic E-state index is 13.4. The van der Waals surface area contributed by atoms with Gasteiger partial charge in [-0.25, -0.2) is 4.39 Å². The summed E-state index contributed by atoms with van der Waals surface area (Å²) in [6.07, 6.45) is 0.733. The Labute approximate surface area is 129 Å². The number of hydrogen-bond donors (Lipinski definition) is 2. The second-order valence-electron chi connectivity index (χ2n) is 5.96. The van der Waals surface area contributed by atoms with E-state index >= 15 is 0 Å². The zero-order valence-electron chi connectivity index (χ0n) is 13.0. The molecule has 2 rings (SSSR count). The molecule has 1 saturated carbocycles. The van der Waals surface area contributed by atoms with Crippen molar-refractivity contribution in [3.8, 4) is 0 Å². The van der Waals surface area contributed by atoms with Crippen LogP contribution < -0.4 is 10.6 Å². The van der Waals surface area contributed by atoms with Crippen LogP contribution in [0.2, 0.25) is 0 Å². The molecule has 1 aliphatic rings. The van der Waals surface area contributed by atoms with Gasteiger partial charge in [-0.3, -0.25) is 9.59 Å². The van der Waals surface area contributed by atoms with Crippen molar-refractivity contribution in [1.82, 2.24) is 5.32 Å². The Morgan fingerprint density at radius 1 is 1.32 bits per heavy atom. The van der Waals surface area contributed by atoms with E-state index in [0.29, 0.717) is 13.0 Å². The highest BCUT2D eigenvalue weighted by Gasteiger charge is 2.49. The van der Waals surface area contributed by atoms with E-state index < -0.39 is 17.6 Å². The van der Waals surface area contributed by atoms with E-state index in [0.717, 1.165) is 0 Å². The van der Waals surface area contributed by atoms with Crippen molar-refractivity contribution in [1.29, 1.82) is 0 Å². The Hall–Kier alpha value is -1.95. The summed E-state index contributed by atoms with van der Waals surface area (Å²) in [5.74, 6) is -2.22. The number of nitrogens with one attached hydrogen (secondary N) is 2. The molecule has 2 amide bonds. The van der Waals surface area contributed by atoms with Gasteiger partial charge in [0.05, 0.1) is 11.8 Å². The highest BCUT2D eigenvalue weighted by atomic mass is 19.1. The number of benzene rings is 1. The van der Waals surface area contributed by atoms with E-state index in [1.54, 1.807) is 6.07 Å². The Balaban J connectivity index is 1.91. The van der Waals surface area contributed by atoms with Crippen LogP contribution in [0.15, 0.2) is 24.3 Å². The van der Waals surface area contributed by atoms with Crippen LogP contribution in [0.5, 0.6) is 0 Å². The lowest BCUT2D eigenvalue weighted by Crippen LogP contribution is -2.63. The van der Waals surface area contributed by atoms with Crippen LogP contribution in [-0.4, -0.2) is 30.6 Å². The maximum absolute atomic E-state index is 13.4. The van der Waals surface area contributed by atoms with Crippen LogP contribution >= 0.6 is 0 Å². The van der Waals surface area contributed by atoms with Gasteiger partial charge in [0.2, 0.25) is 0 Å². The van der Waals surface area contributed by atoms with E-state index in [-0.39, 0.29) is 23.2 Å². The number of rotatable bonds is 4. The number of amides is 2. The average Bonchev–Trinajstić information content (AvgIpc) is 2.48. The minimum absolute atomic E-state index is 0.0114. The number of halogens is 1. The lowest BCUT2D eigenvalue weighted by Gasteiger charge is -2.51. The van der Waals surface area contributed by atoms with Gasteiger partial charge in [-0.2, -0.15) is 0 Å². The largest absolute Gasteiger partial charge is 0.378 e. The molecule has 2 atom stereocenters. The van der Waals surface area contributed by atoms with Gasteiger partial charge in [-0.1, -0.05) is 26.0 Å². The first-order valence-electron chi connectivity index (χ1n) is 7.34. The van der Waals surface area contributed by atoms with Gasteiger partial charge in [0, 0.05) is 18.1 Å². The molecule has 0 unspecified atom stereocenters. The summed E-state index contributed by atoms with van der Waals surface area (Å²) < 4.78 is 19.0. The van der Waals surface area contributed by atoms with Gasteiger partial charge in [0.25, 0.3) is 0 Å². The summed E-state index contributed by atoms with van der Waals surface area (Å²) in [7, 11) is 0. The summed E-state index contributed by atoms with van der Waals surface area (Å²) in [5, 5.41) is 4.95. The molecule has 1 aromatic carbocycles. The molecule has 5 nitrogen and oxygen atoms in total. The van der Waals surface area contributed by atoms with Gasteiger partial charge in [0.1, 0.15) is 5.82 Å². The predicted molar refractivity (Wildman–Crippen MR) is 80.8 cm³/mol. The molecular weight excluding hydrogens is 287 g/mol. The molecule has 0 aliphatic heterocycles. The van der Waals surface area contributed by atoms with Crippen LogP contribution in [0.4, 0.5) is 10.1 Å². The van der Waals surface area contributed by atoms with Crippen LogP contribution in [-0.2, 0) is 14.3 Å².